The Kier molecular flexibility index (Phi) is 1.14. The van der Waals surface area contributed by atoms with E-state index in [0.717, 1.165) is 11.8 Å². The maximum Gasteiger partial charge on any atom is -0.0175 e. The Morgan fingerprint density at radius 2 is 2.33 bits per heavy atom. The quantitative estimate of drug-likeness (QED) is 0.433. The van der Waals surface area contributed by atoms with Gasteiger partial charge in [-0.25, -0.2) is 0 Å². The van der Waals surface area contributed by atoms with Crippen LogP contribution in [0, 0.1) is 11.8 Å². The van der Waals surface area contributed by atoms with E-state index in [2.05, 4.69) is 13.0 Å². The van der Waals surface area contributed by atoms with E-state index >= 15 is 0 Å². The van der Waals surface area contributed by atoms with Gasteiger partial charge >= 0.3 is 0 Å². The molecule has 1 fully saturated rings. The number of rotatable bonds is 0. The third-order valence-electron chi connectivity index (χ3n) is 2.99. The van der Waals surface area contributed by atoms with E-state index in [1.165, 1.54) is 25.7 Å². The Morgan fingerprint density at radius 3 is 3.11 bits per heavy atom. The van der Waals surface area contributed by atoms with Crippen LogP contribution in [0.1, 0.15) is 32.6 Å². The number of hydrogen-bond donors (Lipinski definition) is 0. The maximum absolute atomic E-state index is 2.44. The second kappa shape index (κ2) is 1.86. The molecule has 0 aliphatic heterocycles. The summed E-state index contributed by atoms with van der Waals surface area (Å²) in [6.07, 6.45) is 8.29. The van der Waals surface area contributed by atoms with Gasteiger partial charge in [0.15, 0.2) is 0 Å². The van der Waals surface area contributed by atoms with Crippen molar-refractivity contribution in [2.75, 3.05) is 0 Å². The summed E-state index contributed by atoms with van der Waals surface area (Å²) in [4.78, 5) is 0. The Bertz CT molecular complexity index is 144. The molecule has 0 bridgehead atoms. The topological polar surface area (TPSA) is 0 Å². The minimum Gasteiger partial charge on any atom is -0.0850 e. The highest BCUT2D eigenvalue weighted by Gasteiger charge is 2.30. The van der Waals surface area contributed by atoms with E-state index in [4.69, 9.17) is 0 Å². The van der Waals surface area contributed by atoms with Crippen molar-refractivity contribution >= 4 is 0 Å². The molecule has 0 aromatic heterocycles. The molecule has 2 aliphatic carbocycles. The molecule has 0 spiro atoms. The molecule has 0 nitrogen and oxygen atoms in total. The average molecular weight is 122 g/mol. The monoisotopic (exact) mass is 122 g/mol. The van der Waals surface area contributed by atoms with Gasteiger partial charge in [-0.1, -0.05) is 18.1 Å². The fourth-order valence-electron chi connectivity index (χ4n) is 2.41. The first-order valence-electron chi connectivity index (χ1n) is 4.04. The first-order chi connectivity index (χ1) is 4.38. The molecule has 0 N–H and O–H groups in total. The van der Waals surface area contributed by atoms with Gasteiger partial charge in [0.05, 0.1) is 0 Å². The van der Waals surface area contributed by atoms with Crippen LogP contribution in [0.5, 0.6) is 0 Å². The Balaban J connectivity index is 2.16. The molecule has 0 radical (unpaired) electrons. The molecule has 0 heteroatoms. The summed E-state index contributed by atoms with van der Waals surface area (Å²) >= 11 is 0. The lowest BCUT2D eigenvalue weighted by molar-refractivity contribution is 0.481. The van der Waals surface area contributed by atoms with Gasteiger partial charge in [0.1, 0.15) is 0 Å². The van der Waals surface area contributed by atoms with Crippen LogP contribution in [0.2, 0.25) is 0 Å². The molecular formula is C9H14. The molecule has 0 aromatic carbocycles. The van der Waals surface area contributed by atoms with E-state index in [1.807, 2.05) is 0 Å². The van der Waals surface area contributed by atoms with Crippen LogP contribution in [0.25, 0.3) is 0 Å². The Labute approximate surface area is 57.0 Å². The van der Waals surface area contributed by atoms with Crippen LogP contribution < -0.4 is 0 Å². The zero-order chi connectivity index (χ0) is 6.27. The fraction of sp³-hybridized carbons (Fsp3) is 0.778. The molecule has 1 saturated carbocycles. The van der Waals surface area contributed by atoms with Gasteiger partial charge in [-0.05, 0) is 38.0 Å². The maximum atomic E-state index is 2.44. The van der Waals surface area contributed by atoms with Gasteiger partial charge < -0.3 is 0 Å². The van der Waals surface area contributed by atoms with Crippen molar-refractivity contribution in [3.05, 3.63) is 11.6 Å². The molecule has 2 rings (SSSR count). The van der Waals surface area contributed by atoms with E-state index in [0.29, 0.717) is 0 Å². The van der Waals surface area contributed by atoms with Crippen molar-refractivity contribution in [3.8, 4) is 0 Å². The lowest BCUT2D eigenvalue weighted by Crippen LogP contribution is -2.00. The summed E-state index contributed by atoms with van der Waals surface area (Å²) < 4.78 is 0. The minimum atomic E-state index is 1.00. The average Bonchev–Trinajstić information content (AvgIpc) is 2.35. The molecule has 2 unspecified atom stereocenters. The van der Waals surface area contributed by atoms with Gasteiger partial charge in [-0.3, -0.25) is 0 Å². The summed E-state index contributed by atoms with van der Waals surface area (Å²) in [5.41, 5.74) is 1.68. The summed E-state index contributed by atoms with van der Waals surface area (Å²) in [6.45, 7) is 2.30. The molecule has 2 atom stereocenters. The number of allylic oxidation sites excluding steroid dienone is 2. The lowest BCUT2D eigenvalue weighted by Gasteiger charge is -2.09. The molecule has 2 aliphatic rings. The Hall–Kier alpha value is -0.260. The van der Waals surface area contributed by atoms with Crippen LogP contribution in [0.3, 0.4) is 0 Å². The van der Waals surface area contributed by atoms with E-state index in [9.17, 15) is 0 Å². The molecule has 0 aromatic rings. The minimum absolute atomic E-state index is 1.00. The largest absolute Gasteiger partial charge is 0.0850 e. The first-order valence-corrected chi connectivity index (χ1v) is 4.04. The normalized spacial score (nSPS) is 40.8. The van der Waals surface area contributed by atoms with E-state index < -0.39 is 0 Å². The zero-order valence-electron chi connectivity index (χ0n) is 6.06. The van der Waals surface area contributed by atoms with Crippen LogP contribution in [-0.4, -0.2) is 0 Å². The smallest absolute Gasteiger partial charge is 0.0175 e. The third kappa shape index (κ3) is 0.726. The highest BCUT2D eigenvalue weighted by Crippen LogP contribution is 2.43. The standard InChI is InChI=1S/C9H14/c1-7-5-6-8-3-2-4-9(7)8/h5,8-9H,2-4,6H2,1H3. The van der Waals surface area contributed by atoms with Crippen LogP contribution >= 0.6 is 0 Å². The van der Waals surface area contributed by atoms with Crippen molar-refractivity contribution in [3.63, 3.8) is 0 Å². The van der Waals surface area contributed by atoms with Crippen molar-refractivity contribution in [2.24, 2.45) is 11.8 Å². The Morgan fingerprint density at radius 1 is 1.44 bits per heavy atom. The lowest BCUT2D eigenvalue weighted by atomic mass is 9.96. The molecule has 0 saturated heterocycles. The fourth-order valence-corrected chi connectivity index (χ4v) is 2.41. The first kappa shape index (κ1) is 5.52. The second-order valence-electron chi connectivity index (χ2n) is 3.48. The molecule has 0 heterocycles. The molecule has 0 amide bonds. The third-order valence-corrected chi connectivity index (χ3v) is 2.99. The van der Waals surface area contributed by atoms with Gasteiger partial charge in [-0.2, -0.15) is 0 Å². The molecular weight excluding hydrogens is 108 g/mol. The summed E-state index contributed by atoms with van der Waals surface area (Å²) in [5, 5.41) is 0. The summed E-state index contributed by atoms with van der Waals surface area (Å²) in [6, 6.07) is 0. The predicted molar refractivity (Wildman–Crippen MR) is 39.2 cm³/mol. The summed E-state index contributed by atoms with van der Waals surface area (Å²) in [7, 11) is 0. The summed E-state index contributed by atoms with van der Waals surface area (Å²) in [5.74, 6) is 2.06. The van der Waals surface area contributed by atoms with Crippen molar-refractivity contribution in [1.29, 1.82) is 0 Å². The van der Waals surface area contributed by atoms with Gasteiger partial charge in [-0.15, -0.1) is 0 Å². The highest BCUT2D eigenvalue weighted by molar-refractivity contribution is 5.14. The van der Waals surface area contributed by atoms with Crippen LogP contribution in [-0.2, 0) is 0 Å². The molecule has 50 valence electrons. The van der Waals surface area contributed by atoms with Gasteiger partial charge in [0.25, 0.3) is 0 Å². The number of fused-ring (bicyclic) bond motifs is 1. The van der Waals surface area contributed by atoms with E-state index in [1.54, 1.807) is 5.57 Å². The highest BCUT2D eigenvalue weighted by atomic mass is 14.4. The van der Waals surface area contributed by atoms with Crippen LogP contribution in [0.15, 0.2) is 11.6 Å². The van der Waals surface area contributed by atoms with Gasteiger partial charge in [0.2, 0.25) is 0 Å². The predicted octanol–water partition coefficient (Wildman–Crippen LogP) is 2.75. The van der Waals surface area contributed by atoms with Crippen molar-refractivity contribution in [1.82, 2.24) is 0 Å². The number of hydrogen-bond acceptors (Lipinski definition) is 0. The molecule has 9 heavy (non-hydrogen) atoms. The van der Waals surface area contributed by atoms with Crippen molar-refractivity contribution in [2.45, 2.75) is 32.6 Å². The van der Waals surface area contributed by atoms with Gasteiger partial charge in [0, 0.05) is 0 Å². The second-order valence-corrected chi connectivity index (χ2v) is 3.48. The van der Waals surface area contributed by atoms with Crippen LogP contribution in [0.4, 0.5) is 0 Å². The SMILES string of the molecule is CC1=CCC2CCCC12. The zero-order valence-corrected chi connectivity index (χ0v) is 6.06. The van der Waals surface area contributed by atoms with Crippen molar-refractivity contribution < 1.29 is 0 Å². The van der Waals surface area contributed by atoms with E-state index in [-0.39, 0.29) is 0 Å².